The fraction of sp³-hybridized carbons (Fsp3) is 0.185. The minimum absolute atomic E-state index is 0.0306. The number of benzene rings is 2. The van der Waals surface area contributed by atoms with Crippen molar-refractivity contribution in [2.24, 2.45) is 7.05 Å². The zero-order valence-electron chi connectivity index (χ0n) is 22.2. The SMILES string of the molecule is Cn1nc(CCc2cc(=O)nc(N)[nH]2)c2ccc(C(=O)NCC(NS(=O)(=O)c3cccc4cnccc34)C(=O)O)cc21. The number of pyridine rings is 1. The number of H-pyrrole nitrogens is 1. The number of amides is 1. The summed E-state index contributed by atoms with van der Waals surface area (Å²) in [6.45, 7) is -0.498. The van der Waals surface area contributed by atoms with Crippen LogP contribution < -0.4 is 21.3 Å². The lowest BCUT2D eigenvalue weighted by Crippen LogP contribution is -2.48. The van der Waals surface area contributed by atoms with Crippen LogP contribution in [0, 0.1) is 0 Å². The summed E-state index contributed by atoms with van der Waals surface area (Å²) in [5.41, 5.74) is 7.41. The number of fused-ring (bicyclic) bond motifs is 2. The molecule has 0 spiro atoms. The number of nitrogens with two attached hydrogens (primary N) is 1. The molecule has 5 aromatic rings. The van der Waals surface area contributed by atoms with E-state index in [9.17, 15) is 27.9 Å². The van der Waals surface area contributed by atoms with Crippen molar-refractivity contribution in [2.75, 3.05) is 12.3 Å². The molecule has 0 saturated heterocycles. The Morgan fingerprint density at radius 3 is 2.69 bits per heavy atom. The first-order valence-electron chi connectivity index (χ1n) is 12.7. The number of aromatic amines is 1. The molecule has 0 aliphatic heterocycles. The fourth-order valence-corrected chi connectivity index (χ4v) is 6.05. The first-order chi connectivity index (χ1) is 20.0. The summed E-state index contributed by atoms with van der Waals surface area (Å²) in [5.74, 6) is -2.01. The van der Waals surface area contributed by atoms with E-state index < -0.39 is 40.0 Å². The Balaban J connectivity index is 1.29. The molecule has 1 unspecified atom stereocenters. The summed E-state index contributed by atoms with van der Waals surface area (Å²) >= 11 is 0. The van der Waals surface area contributed by atoms with Crippen molar-refractivity contribution < 1.29 is 23.1 Å². The van der Waals surface area contributed by atoms with Crippen molar-refractivity contribution >= 4 is 49.5 Å². The summed E-state index contributed by atoms with van der Waals surface area (Å²) in [7, 11) is -2.54. The minimum Gasteiger partial charge on any atom is -0.480 e. The fourth-order valence-electron chi connectivity index (χ4n) is 4.63. The lowest BCUT2D eigenvalue weighted by atomic mass is 10.1. The van der Waals surface area contributed by atoms with E-state index in [1.807, 2.05) is 0 Å². The maximum Gasteiger partial charge on any atom is 0.323 e. The van der Waals surface area contributed by atoms with Crippen LogP contribution in [0.1, 0.15) is 21.7 Å². The van der Waals surface area contributed by atoms with E-state index >= 15 is 0 Å². The maximum absolute atomic E-state index is 13.1. The average molecular weight is 591 g/mol. The number of anilines is 1. The molecule has 3 heterocycles. The van der Waals surface area contributed by atoms with E-state index in [0.29, 0.717) is 34.8 Å². The zero-order valence-corrected chi connectivity index (χ0v) is 23.1. The number of carbonyl (C=O) groups excluding carboxylic acids is 1. The van der Waals surface area contributed by atoms with Gasteiger partial charge in [0.25, 0.3) is 11.5 Å². The molecule has 0 fully saturated rings. The Morgan fingerprint density at radius 1 is 1.12 bits per heavy atom. The third-order valence-electron chi connectivity index (χ3n) is 6.63. The van der Waals surface area contributed by atoms with Crippen molar-refractivity contribution in [3.05, 3.63) is 88.2 Å². The average Bonchev–Trinajstić information content (AvgIpc) is 3.27. The second-order valence-electron chi connectivity index (χ2n) is 9.51. The van der Waals surface area contributed by atoms with E-state index in [1.165, 1.54) is 36.7 Å². The van der Waals surface area contributed by atoms with Crippen LogP contribution in [0.5, 0.6) is 0 Å². The Labute approximate surface area is 238 Å². The van der Waals surface area contributed by atoms with Crippen LogP contribution in [0.4, 0.5) is 5.95 Å². The van der Waals surface area contributed by atoms with Gasteiger partial charge in [0, 0.05) is 59.5 Å². The number of carboxylic acid groups (broad SMARTS) is 1. The summed E-state index contributed by atoms with van der Waals surface area (Å²) in [5, 5.41) is 18.5. The van der Waals surface area contributed by atoms with Gasteiger partial charge in [-0.25, -0.2) is 8.42 Å². The molecule has 0 saturated carbocycles. The Kier molecular flexibility index (Phi) is 7.69. The van der Waals surface area contributed by atoms with Gasteiger partial charge in [0.15, 0.2) is 0 Å². The van der Waals surface area contributed by atoms with Crippen LogP contribution in [0.25, 0.3) is 21.7 Å². The minimum atomic E-state index is -4.26. The van der Waals surface area contributed by atoms with Crippen molar-refractivity contribution in [2.45, 2.75) is 23.8 Å². The molecule has 42 heavy (non-hydrogen) atoms. The van der Waals surface area contributed by atoms with Gasteiger partial charge >= 0.3 is 5.97 Å². The second kappa shape index (κ2) is 11.4. The lowest BCUT2D eigenvalue weighted by Gasteiger charge is -2.16. The topological polar surface area (TPSA) is 215 Å². The predicted octanol–water partition coefficient (Wildman–Crippen LogP) is 0.734. The third-order valence-corrected chi connectivity index (χ3v) is 8.16. The van der Waals surface area contributed by atoms with Crippen LogP contribution in [-0.4, -0.2) is 62.7 Å². The van der Waals surface area contributed by atoms with Crippen LogP contribution >= 0.6 is 0 Å². The highest BCUT2D eigenvalue weighted by atomic mass is 32.2. The molecule has 1 amide bonds. The van der Waals surface area contributed by atoms with Gasteiger partial charge in [0.2, 0.25) is 16.0 Å². The number of aromatic nitrogens is 5. The maximum atomic E-state index is 13.1. The van der Waals surface area contributed by atoms with Gasteiger partial charge in [-0.15, -0.1) is 0 Å². The number of carbonyl (C=O) groups is 2. The first-order valence-corrected chi connectivity index (χ1v) is 14.2. The number of carboxylic acids is 1. The zero-order chi connectivity index (χ0) is 30.0. The Hall–Kier alpha value is -5.15. The molecular formula is C27H26N8O6S. The number of aliphatic carboxylic acids is 1. The number of hydrogen-bond donors (Lipinski definition) is 5. The monoisotopic (exact) mass is 590 g/mol. The molecule has 1 atom stereocenters. The quantitative estimate of drug-likeness (QED) is 0.154. The number of rotatable bonds is 10. The van der Waals surface area contributed by atoms with Gasteiger partial charge < -0.3 is 21.1 Å². The predicted molar refractivity (Wildman–Crippen MR) is 153 cm³/mol. The van der Waals surface area contributed by atoms with Gasteiger partial charge in [-0.3, -0.25) is 24.0 Å². The molecule has 0 aliphatic carbocycles. The normalized spacial score (nSPS) is 12.4. The highest BCUT2D eigenvalue weighted by Crippen LogP contribution is 2.23. The van der Waals surface area contributed by atoms with Gasteiger partial charge in [0.05, 0.1) is 16.1 Å². The van der Waals surface area contributed by atoms with E-state index in [0.717, 1.165) is 11.1 Å². The Bertz CT molecular complexity index is 2000. The first kappa shape index (κ1) is 28.4. The summed E-state index contributed by atoms with van der Waals surface area (Å²) in [6, 6.07) is 10.8. The number of aryl methyl sites for hydroxylation is 3. The number of sulfonamides is 1. The molecule has 0 radical (unpaired) electrons. The van der Waals surface area contributed by atoms with Crippen LogP contribution in [0.2, 0.25) is 0 Å². The molecule has 2 aromatic carbocycles. The summed E-state index contributed by atoms with van der Waals surface area (Å²) in [4.78, 5) is 46.8. The smallest absolute Gasteiger partial charge is 0.323 e. The van der Waals surface area contributed by atoms with Crippen molar-refractivity contribution in [3.63, 3.8) is 0 Å². The van der Waals surface area contributed by atoms with E-state index in [-0.39, 0.29) is 16.4 Å². The molecule has 216 valence electrons. The van der Waals surface area contributed by atoms with E-state index in [4.69, 9.17) is 5.73 Å². The number of nitrogens with zero attached hydrogens (tertiary/aromatic N) is 4. The lowest BCUT2D eigenvalue weighted by molar-refractivity contribution is -0.138. The molecule has 14 nitrogen and oxygen atoms in total. The number of nitrogens with one attached hydrogen (secondary N) is 3. The molecule has 3 aromatic heterocycles. The van der Waals surface area contributed by atoms with E-state index in [1.54, 1.807) is 36.0 Å². The van der Waals surface area contributed by atoms with Crippen LogP contribution in [0.15, 0.2) is 70.6 Å². The molecular weight excluding hydrogens is 564 g/mol. The highest BCUT2D eigenvalue weighted by Gasteiger charge is 2.27. The van der Waals surface area contributed by atoms with Crippen LogP contribution in [-0.2, 0) is 34.7 Å². The Morgan fingerprint density at radius 2 is 1.93 bits per heavy atom. The van der Waals surface area contributed by atoms with Crippen LogP contribution in [0.3, 0.4) is 0 Å². The van der Waals surface area contributed by atoms with Gasteiger partial charge in [-0.2, -0.15) is 14.8 Å². The van der Waals surface area contributed by atoms with Crippen molar-refractivity contribution in [1.82, 2.24) is 34.8 Å². The largest absolute Gasteiger partial charge is 0.480 e. The summed E-state index contributed by atoms with van der Waals surface area (Å²) in [6.07, 6.45) is 3.89. The molecule has 0 bridgehead atoms. The molecule has 15 heteroatoms. The third kappa shape index (κ3) is 5.96. The van der Waals surface area contributed by atoms with E-state index in [2.05, 4.69) is 30.1 Å². The molecule has 0 aliphatic rings. The number of hydrogen-bond acceptors (Lipinski definition) is 9. The van der Waals surface area contributed by atoms with Gasteiger partial charge in [-0.05, 0) is 37.1 Å². The second-order valence-corrected chi connectivity index (χ2v) is 11.2. The van der Waals surface area contributed by atoms with Crippen molar-refractivity contribution in [1.29, 1.82) is 0 Å². The highest BCUT2D eigenvalue weighted by molar-refractivity contribution is 7.89. The van der Waals surface area contributed by atoms with Gasteiger partial charge in [-0.1, -0.05) is 18.2 Å². The molecule has 6 N–H and O–H groups in total. The number of nitrogen functional groups attached to an aromatic ring is 1. The summed E-state index contributed by atoms with van der Waals surface area (Å²) < 4.78 is 30.0. The molecule has 5 rings (SSSR count). The van der Waals surface area contributed by atoms with Crippen molar-refractivity contribution in [3.8, 4) is 0 Å². The standard InChI is InChI=1S/C27H26N8O6S/c1-35-22-11-15(5-7-19(22)20(33-35)8-6-17-12-24(36)32-27(28)31-17)25(37)30-14-21(26(38)39)34-42(40,41)23-4-2-3-16-13-29-10-9-18(16)23/h2-5,7,9-13,21,34H,6,8,14H2,1H3,(H,30,37)(H,38,39)(H3,28,31,32,36). The van der Waals surface area contributed by atoms with Gasteiger partial charge in [0.1, 0.15) is 6.04 Å².